The van der Waals surface area contributed by atoms with E-state index in [2.05, 4.69) is 17.5 Å². The molecule has 1 amide bonds. The molecule has 1 aromatic rings. The van der Waals surface area contributed by atoms with E-state index in [1.54, 1.807) is 6.21 Å². The van der Waals surface area contributed by atoms with Crippen molar-refractivity contribution in [1.29, 1.82) is 0 Å². The van der Waals surface area contributed by atoms with Crippen LogP contribution in [0.4, 0.5) is 0 Å². The summed E-state index contributed by atoms with van der Waals surface area (Å²) in [5, 5.41) is 3.97. The molecule has 0 spiro atoms. The fraction of sp³-hybridized carbons (Fsp3) is 0.429. The van der Waals surface area contributed by atoms with Crippen molar-refractivity contribution in [3.8, 4) is 5.75 Å². The number of nitrogens with one attached hydrogen (secondary N) is 1. The van der Waals surface area contributed by atoms with Crippen molar-refractivity contribution in [3.05, 3.63) is 29.8 Å². The topological polar surface area (TPSA) is 50.7 Å². The lowest BCUT2D eigenvalue weighted by Gasteiger charge is -2.07. The van der Waals surface area contributed by atoms with Crippen LogP contribution in [0.25, 0.3) is 0 Å². The number of carbonyl (C=O) groups is 1. The summed E-state index contributed by atoms with van der Waals surface area (Å²) in [4.78, 5) is 11.4. The van der Waals surface area contributed by atoms with Crippen LogP contribution in [0.3, 0.4) is 0 Å². The summed E-state index contributed by atoms with van der Waals surface area (Å²) in [6.45, 7) is 2.74. The molecule has 0 unspecified atom stereocenters. The first kappa shape index (κ1) is 12.6. The number of hydrogen-bond donors (Lipinski definition) is 1. The Labute approximate surface area is 107 Å². The molecule has 1 saturated carbocycles. The van der Waals surface area contributed by atoms with Gasteiger partial charge >= 0.3 is 0 Å². The minimum atomic E-state index is 0.0122. The van der Waals surface area contributed by atoms with Gasteiger partial charge in [-0.25, -0.2) is 5.43 Å². The number of rotatable bonds is 6. The third kappa shape index (κ3) is 3.58. The van der Waals surface area contributed by atoms with Crippen molar-refractivity contribution in [3.63, 3.8) is 0 Å². The number of para-hydroxylation sites is 1. The zero-order chi connectivity index (χ0) is 12.8. The Kier molecular flexibility index (Phi) is 4.34. The number of amides is 1. The monoisotopic (exact) mass is 246 g/mol. The van der Waals surface area contributed by atoms with Crippen LogP contribution in [0.15, 0.2) is 29.4 Å². The second-order valence-electron chi connectivity index (χ2n) is 4.39. The average molecular weight is 246 g/mol. The number of hydrazone groups is 1. The normalized spacial score (nSPS) is 14.7. The summed E-state index contributed by atoms with van der Waals surface area (Å²) in [5.74, 6) is 0.982. The van der Waals surface area contributed by atoms with Gasteiger partial charge in [0.15, 0.2) is 0 Å². The molecule has 4 heteroatoms. The molecule has 1 N–H and O–H groups in total. The fourth-order valence-electron chi connectivity index (χ4n) is 1.53. The highest BCUT2D eigenvalue weighted by atomic mass is 16.5. The first-order valence-electron chi connectivity index (χ1n) is 6.36. The number of carbonyl (C=O) groups excluding carboxylic acids is 1. The molecular weight excluding hydrogens is 228 g/mol. The van der Waals surface area contributed by atoms with E-state index in [1.165, 1.54) is 0 Å². The number of benzene rings is 1. The molecule has 4 nitrogen and oxygen atoms in total. The summed E-state index contributed by atoms with van der Waals surface area (Å²) in [6, 6.07) is 7.66. The molecular formula is C14H18N2O2. The van der Waals surface area contributed by atoms with E-state index >= 15 is 0 Å². The van der Waals surface area contributed by atoms with E-state index in [9.17, 15) is 4.79 Å². The minimum absolute atomic E-state index is 0.0122. The first-order valence-corrected chi connectivity index (χ1v) is 6.36. The molecule has 0 atom stereocenters. The van der Waals surface area contributed by atoms with Crippen molar-refractivity contribution in [2.75, 3.05) is 6.61 Å². The maximum Gasteiger partial charge on any atom is 0.243 e. The van der Waals surface area contributed by atoms with Gasteiger partial charge < -0.3 is 4.74 Å². The Bertz CT molecular complexity index is 439. The minimum Gasteiger partial charge on any atom is -0.493 e. The van der Waals surface area contributed by atoms with Crippen LogP contribution >= 0.6 is 0 Å². The summed E-state index contributed by atoms with van der Waals surface area (Å²) < 4.78 is 5.60. The maximum absolute atomic E-state index is 11.4. The molecule has 0 aromatic heterocycles. The molecule has 18 heavy (non-hydrogen) atoms. The molecule has 96 valence electrons. The van der Waals surface area contributed by atoms with Gasteiger partial charge in [0, 0.05) is 11.5 Å². The molecule has 0 heterocycles. The summed E-state index contributed by atoms with van der Waals surface area (Å²) in [6.07, 6.45) is 4.56. The lowest BCUT2D eigenvalue weighted by atomic mass is 10.2. The Morgan fingerprint density at radius 2 is 2.28 bits per heavy atom. The van der Waals surface area contributed by atoms with E-state index in [-0.39, 0.29) is 11.8 Å². The van der Waals surface area contributed by atoms with Crippen LogP contribution in [-0.4, -0.2) is 18.7 Å². The molecule has 0 bridgehead atoms. The molecule has 0 saturated heterocycles. The lowest BCUT2D eigenvalue weighted by Crippen LogP contribution is -2.19. The van der Waals surface area contributed by atoms with Gasteiger partial charge in [0.1, 0.15) is 5.75 Å². The van der Waals surface area contributed by atoms with Crippen LogP contribution in [0, 0.1) is 5.92 Å². The van der Waals surface area contributed by atoms with Gasteiger partial charge in [-0.05, 0) is 31.4 Å². The second-order valence-corrected chi connectivity index (χ2v) is 4.39. The molecule has 1 fully saturated rings. The molecule has 2 rings (SSSR count). The molecule has 0 aliphatic heterocycles. The van der Waals surface area contributed by atoms with E-state index in [4.69, 9.17) is 4.74 Å². The van der Waals surface area contributed by atoms with Crippen LogP contribution in [0.5, 0.6) is 5.75 Å². The standard InChI is InChI=1S/C14H18N2O2/c1-2-9-18-13-6-4-3-5-12(13)10-15-16-14(17)11-7-8-11/h3-6,10-11H,2,7-9H2,1H3,(H,16,17)/b15-10+. The summed E-state index contributed by atoms with van der Waals surface area (Å²) in [7, 11) is 0. The SMILES string of the molecule is CCCOc1ccccc1/C=N/NC(=O)C1CC1. The summed E-state index contributed by atoms with van der Waals surface area (Å²) in [5.41, 5.74) is 3.43. The van der Waals surface area contributed by atoms with Crippen molar-refractivity contribution >= 4 is 12.1 Å². The van der Waals surface area contributed by atoms with Crippen molar-refractivity contribution < 1.29 is 9.53 Å². The van der Waals surface area contributed by atoms with Gasteiger partial charge in [0.25, 0.3) is 0 Å². The van der Waals surface area contributed by atoms with Crippen molar-refractivity contribution in [2.45, 2.75) is 26.2 Å². The predicted molar refractivity (Wildman–Crippen MR) is 70.7 cm³/mol. The molecule has 1 aliphatic carbocycles. The Morgan fingerprint density at radius 1 is 1.50 bits per heavy atom. The third-order valence-electron chi connectivity index (χ3n) is 2.71. The highest BCUT2D eigenvalue weighted by Crippen LogP contribution is 2.28. The van der Waals surface area contributed by atoms with E-state index < -0.39 is 0 Å². The van der Waals surface area contributed by atoms with Crippen LogP contribution in [-0.2, 0) is 4.79 Å². The largest absolute Gasteiger partial charge is 0.493 e. The van der Waals surface area contributed by atoms with Gasteiger partial charge in [-0.2, -0.15) is 5.10 Å². The number of nitrogens with zero attached hydrogens (tertiary/aromatic N) is 1. The summed E-state index contributed by atoms with van der Waals surface area (Å²) >= 11 is 0. The molecule has 1 aliphatic rings. The van der Waals surface area contributed by atoms with E-state index in [1.807, 2.05) is 24.3 Å². The average Bonchev–Trinajstić information content (AvgIpc) is 3.22. The first-order chi connectivity index (χ1) is 8.81. The third-order valence-corrected chi connectivity index (χ3v) is 2.71. The maximum atomic E-state index is 11.4. The van der Waals surface area contributed by atoms with Crippen LogP contribution in [0.1, 0.15) is 31.7 Å². The lowest BCUT2D eigenvalue weighted by molar-refractivity contribution is -0.122. The van der Waals surface area contributed by atoms with E-state index in [0.717, 1.165) is 30.6 Å². The zero-order valence-electron chi connectivity index (χ0n) is 10.6. The van der Waals surface area contributed by atoms with Crippen LogP contribution in [0.2, 0.25) is 0 Å². The van der Waals surface area contributed by atoms with Crippen LogP contribution < -0.4 is 10.2 Å². The van der Waals surface area contributed by atoms with Gasteiger partial charge in [0.2, 0.25) is 5.91 Å². The second kappa shape index (κ2) is 6.19. The quantitative estimate of drug-likeness (QED) is 0.618. The number of ether oxygens (including phenoxy) is 1. The van der Waals surface area contributed by atoms with Gasteiger partial charge in [-0.1, -0.05) is 19.1 Å². The van der Waals surface area contributed by atoms with Crippen molar-refractivity contribution in [1.82, 2.24) is 5.43 Å². The number of hydrogen-bond acceptors (Lipinski definition) is 3. The highest BCUT2D eigenvalue weighted by Gasteiger charge is 2.29. The smallest absolute Gasteiger partial charge is 0.243 e. The Balaban J connectivity index is 1.94. The highest BCUT2D eigenvalue weighted by molar-refractivity contribution is 5.86. The van der Waals surface area contributed by atoms with Gasteiger partial charge in [0.05, 0.1) is 12.8 Å². The van der Waals surface area contributed by atoms with E-state index in [0.29, 0.717) is 6.61 Å². The van der Waals surface area contributed by atoms with Crippen molar-refractivity contribution in [2.24, 2.45) is 11.0 Å². The molecule has 1 aromatic carbocycles. The predicted octanol–water partition coefficient (Wildman–Crippen LogP) is 2.34. The zero-order valence-corrected chi connectivity index (χ0v) is 10.6. The van der Waals surface area contributed by atoms with Gasteiger partial charge in [-0.3, -0.25) is 4.79 Å². The van der Waals surface area contributed by atoms with Gasteiger partial charge in [-0.15, -0.1) is 0 Å². The Morgan fingerprint density at radius 3 is 3.00 bits per heavy atom. The molecule has 0 radical (unpaired) electrons. The fourth-order valence-corrected chi connectivity index (χ4v) is 1.53. The Hall–Kier alpha value is -1.84.